The van der Waals surface area contributed by atoms with Gasteiger partial charge in [-0.25, -0.2) is 12.4 Å². The molecule has 4 rings (SSSR count). The van der Waals surface area contributed by atoms with E-state index in [9.17, 15) is 31.5 Å². The number of nitrogens with zero attached hydrogens (tertiary/aromatic N) is 2. The van der Waals surface area contributed by atoms with Crippen LogP contribution in [-0.4, -0.2) is 35.0 Å². The summed E-state index contributed by atoms with van der Waals surface area (Å²) >= 11 is 0. The molecule has 0 aliphatic rings. The van der Waals surface area contributed by atoms with Crippen molar-refractivity contribution in [2.45, 2.75) is 24.6 Å². The predicted octanol–water partition coefficient (Wildman–Crippen LogP) is 4.57. The molecule has 0 fully saturated rings. The Morgan fingerprint density at radius 1 is 1.03 bits per heavy atom. The predicted molar refractivity (Wildman–Crippen MR) is 125 cm³/mol. The van der Waals surface area contributed by atoms with Crippen molar-refractivity contribution in [3.8, 4) is 11.4 Å². The molecule has 4 aromatic rings. The molecule has 2 aromatic heterocycles. The molecule has 188 valence electrons. The summed E-state index contributed by atoms with van der Waals surface area (Å²) in [6, 6.07) is 12.9. The van der Waals surface area contributed by atoms with Crippen molar-refractivity contribution in [1.29, 1.82) is 0 Å². The van der Waals surface area contributed by atoms with Crippen LogP contribution in [0.3, 0.4) is 0 Å². The number of aromatic nitrogens is 2. The second-order valence-electron chi connectivity index (χ2n) is 7.93. The fraction of sp³-hybridized carbons (Fsp3) is 0.160. The normalized spacial score (nSPS) is 12.1. The zero-order valence-electron chi connectivity index (χ0n) is 19.2. The number of carbonyl (C=O) groups excluding carboxylic acids is 1. The van der Waals surface area contributed by atoms with Crippen LogP contribution in [0.5, 0.6) is 5.75 Å². The molecule has 2 heterocycles. The Morgan fingerprint density at radius 2 is 1.72 bits per heavy atom. The number of carbonyl (C=O) groups is 1. The highest BCUT2D eigenvalue weighted by molar-refractivity contribution is 7.90. The SMILES string of the molecule is COc1cc(C(F)(F)F)ccc1C(=O)c1c(-n2cccc2CO)ccn1S(=O)(=O)c1ccc(C)cc1. The maximum Gasteiger partial charge on any atom is 0.416 e. The van der Waals surface area contributed by atoms with E-state index in [1.54, 1.807) is 31.2 Å². The molecule has 0 bridgehead atoms. The lowest BCUT2D eigenvalue weighted by Gasteiger charge is -2.16. The first-order valence-corrected chi connectivity index (χ1v) is 12.0. The summed E-state index contributed by atoms with van der Waals surface area (Å²) in [6.07, 6.45) is -1.95. The topological polar surface area (TPSA) is 90.5 Å². The molecular weight excluding hydrogens is 497 g/mol. The van der Waals surface area contributed by atoms with Gasteiger partial charge in [0, 0.05) is 18.1 Å². The van der Waals surface area contributed by atoms with Crippen molar-refractivity contribution >= 4 is 15.8 Å². The number of hydrogen-bond donors (Lipinski definition) is 1. The van der Waals surface area contributed by atoms with Crippen LogP contribution in [0.2, 0.25) is 0 Å². The van der Waals surface area contributed by atoms with Gasteiger partial charge in [0.2, 0.25) is 5.78 Å². The van der Waals surface area contributed by atoms with Crippen LogP contribution in [0, 0.1) is 6.92 Å². The number of ether oxygens (including phenoxy) is 1. The van der Waals surface area contributed by atoms with Gasteiger partial charge in [-0.05, 0) is 55.5 Å². The third kappa shape index (κ3) is 4.42. The highest BCUT2D eigenvalue weighted by Crippen LogP contribution is 2.35. The Morgan fingerprint density at radius 3 is 2.33 bits per heavy atom. The molecule has 36 heavy (non-hydrogen) atoms. The summed E-state index contributed by atoms with van der Waals surface area (Å²) in [5.41, 5.74) is -0.303. The number of ketones is 1. The number of aliphatic hydroxyl groups is 1. The van der Waals surface area contributed by atoms with Crippen molar-refractivity contribution < 1.29 is 36.2 Å². The van der Waals surface area contributed by atoms with Crippen molar-refractivity contribution in [3.63, 3.8) is 0 Å². The highest BCUT2D eigenvalue weighted by Gasteiger charge is 2.34. The first-order chi connectivity index (χ1) is 17.0. The van der Waals surface area contributed by atoms with Gasteiger partial charge in [-0.2, -0.15) is 13.2 Å². The minimum atomic E-state index is -4.67. The van der Waals surface area contributed by atoms with Crippen molar-refractivity contribution in [3.05, 3.63) is 101 Å². The molecule has 11 heteroatoms. The largest absolute Gasteiger partial charge is 0.496 e. The molecular formula is C25H21F3N2O5S. The van der Waals surface area contributed by atoms with Gasteiger partial charge in [0.1, 0.15) is 11.4 Å². The quantitative estimate of drug-likeness (QED) is 0.362. The van der Waals surface area contributed by atoms with E-state index in [-0.39, 0.29) is 27.6 Å². The summed E-state index contributed by atoms with van der Waals surface area (Å²) in [5, 5.41) is 9.72. The standard InChI is InChI=1S/C25H21F3N2O5S/c1-16-5-8-19(9-6-16)36(33,34)30-13-11-21(29-12-3-4-18(29)15-31)23(30)24(32)20-10-7-17(25(26,27)28)14-22(20)35-2/h3-14,31H,15H2,1-2H3. The molecule has 2 aromatic carbocycles. The molecule has 0 aliphatic heterocycles. The van der Waals surface area contributed by atoms with Crippen LogP contribution >= 0.6 is 0 Å². The number of alkyl halides is 3. The lowest BCUT2D eigenvalue weighted by molar-refractivity contribution is -0.137. The van der Waals surface area contributed by atoms with Crippen molar-refractivity contribution in [1.82, 2.24) is 8.54 Å². The summed E-state index contributed by atoms with van der Waals surface area (Å²) in [5.74, 6) is -1.25. The van der Waals surface area contributed by atoms with Crippen molar-refractivity contribution in [2.24, 2.45) is 0 Å². The molecule has 0 spiro atoms. The fourth-order valence-electron chi connectivity index (χ4n) is 3.80. The molecule has 0 radical (unpaired) electrons. The van der Waals surface area contributed by atoms with Crippen molar-refractivity contribution in [2.75, 3.05) is 7.11 Å². The van der Waals surface area contributed by atoms with Gasteiger partial charge in [0.15, 0.2) is 0 Å². The summed E-state index contributed by atoms with van der Waals surface area (Å²) in [6.45, 7) is 1.39. The van der Waals surface area contributed by atoms with Gasteiger partial charge < -0.3 is 14.4 Å². The van der Waals surface area contributed by atoms with E-state index in [0.29, 0.717) is 11.8 Å². The van der Waals surface area contributed by atoms with Gasteiger partial charge >= 0.3 is 6.18 Å². The van der Waals surface area contributed by atoms with Crippen LogP contribution < -0.4 is 4.74 Å². The Bertz CT molecular complexity index is 1530. The molecule has 0 unspecified atom stereocenters. The molecule has 0 aliphatic carbocycles. The van der Waals surface area contributed by atoms with E-state index in [1.165, 1.54) is 35.2 Å². The van der Waals surface area contributed by atoms with E-state index < -0.39 is 34.2 Å². The molecule has 0 atom stereocenters. The highest BCUT2D eigenvalue weighted by atomic mass is 32.2. The first kappa shape index (κ1) is 25.3. The number of hydrogen-bond acceptors (Lipinski definition) is 5. The van der Waals surface area contributed by atoms with Crippen LogP contribution in [0.1, 0.15) is 32.9 Å². The number of halogens is 3. The number of aryl methyl sites for hydroxylation is 1. The average molecular weight is 519 g/mol. The monoisotopic (exact) mass is 518 g/mol. The van der Waals surface area contributed by atoms with E-state index in [2.05, 4.69) is 0 Å². The van der Waals surface area contributed by atoms with E-state index in [4.69, 9.17) is 4.74 Å². The Balaban J connectivity index is 1.97. The number of rotatable bonds is 7. The number of methoxy groups -OCH3 is 1. The van der Waals surface area contributed by atoms with E-state index in [1.807, 2.05) is 0 Å². The van der Waals surface area contributed by atoms with Gasteiger partial charge in [0.05, 0.1) is 35.4 Å². The summed E-state index contributed by atoms with van der Waals surface area (Å²) in [7, 11) is -3.16. The first-order valence-electron chi connectivity index (χ1n) is 10.6. The number of aliphatic hydroxyl groups excluding tert-OH is 1. The Hall–Kier alpha value is -3.83. The van der Waals surface area contributed by atoms with Gasteiger partial charge in [0.25, 0.3) is 10.0 Å². The van der Waals surface area contributed by atoms with Gasteiger partial charge in [-0.3, -0.25) is 4.79 Å². The molecule has 1 N–H and O–H groups in total. The fourth-order valence-corrected chi connectivity index (χ4v) is 5.15. The minimum absolute atomic E-state index is 0.0847. The Labute approximate surface area is 205 Å². The van der Waals surface area contributed by atoms with Gasteiger partial charge in [-0.15, -0.1) is 0 Å². The van der Waals surface area contributed by atoms with Crippen LogP contribution in [0.25, 0.3) is 5.69 Å². The van der Waals surface area contributed by atoms with Gasteiger partial charge in [-0.1, -0.05) is 17.7 Å². The molecule has 0 amide bonds. The average Bonchev–Trinajstić information content (AvgIpc) is 3.50. The van der Waals surface area contributed by atoms with E-state index >= 15 is 0 Å². The zero-order valence-corrected chi connectivity index (χ0v) is 20.0. The second-order valence-corrected chi connectivity index (χ2v) is 9.75. The summed E-state index contributed by atoms with van der Waals surface area (Å²) in [4.78, 5) is 13.7. The molecule has 0 saturated carbocycles. The van der Waals surface area contributed by atoms with Crippen LogP contribution in [-0.2, 0) is 22.8 Å². The van der Waals surface area contributed by atoms with Crippen LogP contribution in [0.15, 0.2) is 78.0 Å². The van der Waals surface area contributed by atoms with Crippen LogP contribution in [0.4, 0.5) is 13.2 Å². The number of benzene rings is 2. The summed E-state index contributed by atoms with van der Waals surface area (Å²) < 4.78 is 74.1. The lowest BCUT2D eigenvalue weighted by Crippen LogP contribution is -2.21. The maximum atomic E-state index is 13.8. The minimum Gasteiger partial charge on any atom is -0.496 e. The Kier molecular flexibility index (Phi) is 6.54. The lowest BCUT2D eigenvalue weighted by atomic mass is 10.0. The smallest absolute Gasteiger partial charge is 0.416 e. The zero-order chi connectivity index (χ0) is 26.3. The van der Waals surface area contributed by atoms with E-state index in [0.717, 1.165) is 28.8 Å². The second kappa shape index (κ2) is 9.32. The third-order valence-electron chi connectivity index (χ3n) is 5.65. The third-order valence-corrected chi connectivity index (χ3v) is 7.34. The molecule has 7 nitrogen and oxygen atoms in total. The maximum absolute atomic E-state index is 13.8. The molecule has 0 saturated heterocycles.